The predicted octanol–water partition coefficient (Wildman–Crippen LogP) is 4.49. The minimum atomic E-state index is 0.0912. The van der Waals surface area contributed by atoms with Crippen LogP contribution < -0.4 is 0 Å². The summed E-state index contributed by atoms with van der Waals surface area (Å²) >= 11 is 0. The number of hydrogen-bond donors (Lipinski definition) is 0. The van der Waals surface area contributed by atoms with Gasteiger partial charge >= 0.3 is 0 Å². The number of nitrogens with zero attached hydrogens (tertiary/aromatic N) is 1. The Labute approximate surface area is 119 Å². The van der Waals surface area contributed by atoms with Gasteiger partial charge in [0, 0.05) is 19.5 Å². The standard InChI is InChI=1S/C17H33NO/c1-16(2,3)12-15(19)18(7)14-10-8-13(9-11-14)17(4,5)6/h13-14H,8-12H2,1-7H3. The Morgan fingerprint density at radius 1 is 1.00 bits per heavy atom. The highest BCUT2D eigenvalue weighted by Gasteiger charge is 2.32. The van der Waals surface area contributed by atoms with Crippen LogP contribution in [0.4, 0.5) is 0 Å². The fraction of sp³-hybridized carbons (Fsp3) is 0.941. The second kappa shape index (κ2) is 5.85. The molecule has 0 bridgehead atoms. The highest BCUT2D eigenvalue weighted by Crippen LogP contribution is 2.39. The molecule has 0 heterocycles. The first-order valence-electron chi connectivity index (χ1n) is 7.76. The number of hydrogen-bond acceptors (Lipinski definition) is 1. The first-order valence-corrected chi connectivity index (χ1v) is 7.76. The maximum absolute atomic E-state index is 12.3. The summed E-state index contributed by atoms with van der Waals surface area (Å²) in [5, 5.41) is 0. The summed E-state index contributed by atoms with van der Waals surface area (Å²) in [6.45, 7) is 13.4. The van der Waals surface area contributed by atoms with Crippen LogP contribution in [0.2, 0.25) is 0 Å². The third-order valence-corrected chi connectivity index (χ3v) is 4.54. The largest absolute Gasteiger partial charge is 0.343 e. The second-order valence-electron chi connectivity index (χ2n) is 8.61. The smallest absolute Gasteiger partial charge is 0.223 e. The molecule has 1 aliphatic carbocycles. The Hall–Kier alpha value is -0.530. The maximum atomic E-state index is 12.3. The van der Waals surface area contributed by atoms with E-state index in [0.29, 0.717) is 23.8 Å². The van der Waals surface area contributed by atoms with Gasteiger partial charge < -0.3 is 4.90 Å². The SMILES string of the molecule is CN(C(=O)CC(C)(C)C)C1CCC(C(C)(C)C)CC1. The number of rotatable bonds is 2. The molecule has 0 atom stereocenters. The minimum Gasteiger partial charge on any atom is -0.343 e. The van der Waals surface area contributed by atoms with E-state index >= 15 is 0 Å². The monoisotopic (exact) mass is 267 g/mol. The van der Waals surface area contributed by atoms with Gasteiger partial charge in [0.2, 0.25) is 5.91 Å². The van der Waals surface area contributed by atoms with Gasteiger partial charge in [0.1, 0.15) is 0 Å². The fourth-order valence-corrected chi connectivity index (χ4v) is 3.11. The van der Waals surface area contributed by atoms with E-state index in [0.717, 1.165) is 5.92 Å². The Bertz CT molecular complexity index is 300. The summed E-state index contributed by atoms with van der Waals surface area (Å²) in [5.74, 6) is 1.13. The van der Waals surface area contributed by atoms with Crippen molar-refractivity contribution in [2.45, 2.75) is 79.7 Å². The van der Waals surface area contributed by atoms with Crippen molar-refractivity contribution in [3.05, 3.63) is 0 Å². The Morgan fingerprint density at radius 3 is 1.84 bits per heavy atom. The van der Waals surface area contributed by atoms with Crippen LogP contribution in [0.3, 0.4) is 0 Å². The first-order chi connectivity index (χ1) is 8.50. The van der Waals surface area contributed by atoms with Crippen LogP contribution >= 0.6 is 0 Å². The molecule has 2 heteroatoms. The zero-order chi connectivity index (χ0) is 14.8. The lowest BCUT2D eigenvalue weighted by Gasteiger charge is -2.40. The molecule has 0 aromatic heterocycles. The van der Waals surface area contributed by atoms with Crippen LogP contribution in [0.25, 0.3) is 0 Å². The molecular weight excluding hydrogens is 234 g/mol. The van der Waals surface area contributed by atoms with Crippen molar-refractivity contribution in [2.24, 2.45) is 16.7 Å². The van der Waals surface area contributed by atoms with Crippen molar-refractivity contribution in [3.8, 4) is 0 Å². The molecule has 2 nitrogen and oxygen atoms in total. The molecule has 1 fully saturated rings. The van der Waals surface area contributed by atoms with Crippen molar-refractivity contribution < 1.29 is 4.79 Å². The van der Waals surface area contributed by atoms with E-state index in [9.17, 15) is 4.79 Å². The Balaban J connectivity index is 2.49. The van der Waals surface area contributed by atoms with Gasteiger partial charge in [-0.2, -0.15) is 0 Å². The molecule has 0 aromatic rings. The topological polar surface area (TPSA) is 20.3 Å². The van der Waals surface area contributed by atoms with Crippen molar-refractivity contribution in [1.29, 1.82) is 0 Å². The van der Waals surface area contributed by atoms with Crippen molar-refractivity contribution in [1.82, 2.24) is 4.90 Å². The predicted molar refractivity (Wildman–Crippen MR) is 82.0 cm³/mol. The summed E-state index contributed by atoms with van der Waals surface area (Å²) in [7, 11) is 2.00. The van der Waals surface area contributed by atoms with E-state index in [4.69, 9.17) is 0 Å². The molecule has 19 heavy (non-hydrogen) atoms. The zero-order valence-corrected chi connectivity index (χ0v) is 14.0. The normalized spacial score (nSPS) is 25.2. The summed E-state index contributed by atoms with van der Waals surface area (Å²) < 4.78 is 0. The summed E-state index contributed by atoms with van der Waals surface area (Å²) in [6.07, 6.45) is 5.54. The van der Waals surface area contributed by atoms with Crippen LogP contribution in [0.15, 0.2) is 0 Å². The molecule has 0 spiro atoms. The van der Waals surface area contributed by atoms with E-state index in [1.165, 1.54) is 25.7 Å². The van der Waals surface area contributed by atoms with E-state index in [-0.39, 0.29) is 5.41 Å². The number of amides is 1. The van der Waals surface area contributed by atoms with Crippen molar-refractivity contribution in [3.63, 3.8) is 0 Å². The maximum Gasteiger partial charge on any atom is 0.223 e. The van der Waals surface area contributed by atoms with Gasteiger partial charge in [-0.25, -0.2) is 0 Å². The molecule has 0 aliphatic heterocycles. The van der Waals surface area contributed by atoms with Gasteiger partial charge in [0.15, 0.2) is 0 Å². The lowest BCUT2D eigenvalue weighted by Crippen LogP contribution is -2.42. The molecule has 0 radical (unpaired) electrons. The van der Waals surface area contributed by atoms with Gasteiger partial charge in [-0.1, -0.05) is 41.5 Å². The highest BCUT2D eigenvalue weighted by molar-refractivity contribution is 5.76. The van der Waals surface area contributed by atoms with Crippen LogP contribution in [-0.4, -0.2) is 23.9 Å². The zero-order valence-electron chi connectivity index (χ0n) is 14.0. The average molecular weight is 267 g/mol. The fourth-order valence-electron chi connectivity index (χ4n) is 3.11. The van der Waals surface area contributed by atoms with E-state index in [1.54, 1.807) is 0 Å². The Morgan fingerprint density at radius 2 is 1.47 bits per heavy atom. The van der Waals surface area contributed by atoms with Gasteiger partial charge in [0.05, 0.1) is 0 Å². The molecule has 112 valence electrons. The molecule has 1 aliphatic rings. The minimum absolute atomic E-state index is 0.0912. The molecule has 0 N–H and O–H groups in total. The quantitative estimate of drug-likeness (QED) is 0.722. The molecule has 0 aromatic carbocycles. The van der Waals surface area contributed by atoms with Gasteiger partial charge in [0.25, 0.3) is 0 Å². The molecule has 1 saturated carbocycles. The van der Waals surface area contributed by atoms with Crippen molar-refractivity contribution in [2.75, 3.05) is 7.05 Å². The van der Waals surface area contributed by atoms with Gasteiger partial charge in [-0.3, -0.25) is 4.79 Å². The summed E-state index contributed by atoms with van der Waals surface area (Å²) in [4.78, 5) is 14.3. The first kappa shape index (κ1) is 16.5. The van der Waals surface area contributed by atoms with Crippen LogP contribution in [0.1, 0.15) is 73.6 Å². The molecular formula is C17H33NO. The van der Waals surface area contributed by atoms with E-state index in [2.05, 4.69) is 41.5 Å². The molecule has 1 rings (SSSR count). The average Bonchev–Trinajstić information content (AvgIpc) is 2.24. The highest BCUT2D eigenvalue weighted by atomic mass is 16.2. The van der Waals surface area contributed by atoms with Crippen LogP contribution in [0.5, 0.6) is 0 Å². The third kappa shape index (κ3) is 5.16. The van der Waals surface area contributed by atoms with E-state index < -0.39 is 0 Å². The molecule has 0 saturated heterocycles. The summed E-state index contributed by atoms with van der Waals surface area (Å²) in [5.41, 5.74) is 0.507. The van der Waals surface area contributed by atoms with Gasteiger partial charge in [-0.15, -0.1) is 0 Å². The van der Waals surface area contributed by atoms with E-state index in [1.807, 2.05) is 11.9 Å². The van der Waals surface area contributed by atoms with Gasteiger partial charge in [-0.05, 0) is 42.4 Å². The molecule has 0 unspecified atom stereocenters. The number of carbonyl (C=O) groups is 1. The second-order valence-corrected chi connectivity index (χ2v) is 8.61. The number of carbonyl (C=O) groups excluding carboxylic acids is 1. The van der Waals surface area contributed by atoms with Crippen molar-refractivity contribution >= 4 is 5.91 Å². The third-order valence-electron chi connectivity index (χ3n) is 4.54. The lowest BCUT2D eigenvalue weighted by atomic mass is 9.71. The molecule has 1 amide bonds. The lowest BCUT2D eigenvalue weighted by molar-refractivity contribution is -0.134. The summed E-state index contributed by atoms with van der Waals surface area (Å²) in [6, 6.07) is 0.466. The Kier molecular flexibility index (Phi) is 5.08. The van der Waals surface area contributed by atoms with Crippen LogP contribution in [0, 0.1) is 16.7 Å². The van der Waals surface area contributed by atoms with Crippen LogP contribution in [-0.2, 0) is 4.79 Å².